The Bertz CT molecular complexity index is 228. The van der Waals surface area contributed by atoms with Crippen molar-refractivity contribution in [1.82, 2.24) is 0 Å². The SMILES string of the molecule is CBC(CC)(CC)c1ccccc1. The van der Waals surface area contributed by atoms with Gasteiger partial charge in [-0.2, -0.15) is 0 Å². The molecule has 0 bridgehead atoms. The average molecular weight is 174 g/mol. The molecule has 1 rings (SSSR count). The molecule has 1 aromatic carbocycles. The molecular formula is C12H19B. The Hall–Kier alpha value is -0.715. The van der Waals surface area contributed by atoms with E-state index in [4.69, 9.17) is 0 Å². The van der Waals surface area contributed by atoms with Gasteiger partial charge in [0.05, 0.1) is 0 Å². The summed E-state index contributed by atoms with van der Waals surface area (Å²) in [5.41, 5.74) is 1.50. The van der Waals surface area contributed by atoms with Crippen LogP contribution in [0.3, 0.4) is 0 Å². The van der Waals surface area contributed by atoms with Crippen LogP contribution in [0.15, 0.2) is 30.3 Å². The van der Waals surface area contributed by atoms with Crippen LogP contribution in [0.5, 0.6) is 0 Å². The van der Waals surface area contributed by atoms with Crippen molar-refractivity contribution in [2.24, 2.45) is 0 Å². The molecule has 0 saturated heterocycles. The van der Waals surface area contributed by atoms with Crippen LogP contribution in [0.4, 0.5) is 0 Å². The average Bonchev–Trinajstić information content (AvgIpc) is 2.23. The summed E-state index contributed by atoms with van der Waals surface area (Å²) < 4.78 is 0. The molecule has 1 heteroatoms. The molecule has 0 atom stereocenters. The van der Waals surface area contributed by atoms with Gasteiger partial charge in [-0.25, -0.2) is 0 Å². The summed E-state index contributed by atoms with van der Waals surface area (Å²) in [5, 5.41) is 0.418. The van der Waals surface area contributed by atoms with Crippen LogP contribution < -0.4 is 0 Å². The summed E-state index contributed by atoms with van der Waals surface area (Å²) >= 11 is 0. The van der Waals surface area contributed by atoms with E-state index in [1.807, 2.05) is 0 Å². The van der Waals surface area contributed by atoms with Crippen LogP contribution in [0.2, 0.25) is 6.82 Å². The van der Waals surface area contributed by atoms with E-state index in [0.29, 0.717) is 5.31 Å². The van der Waals surface area contributed by atoms with Crippen molar-refractivity contribution in [2.75, 3.05) is 0 Å². The highest BCUT2D eigenvalue weighted by atomic mass is 14.2. The zero-order valence-corrected chi connectivity index (χ0v) is 9.01. The molecule has 70 valence electrons. The Morgan fingerprint density at radius 3 is 2.00 bits per heavy atom. The third-order valence-electron chi connectivity index (χ3n) is 3.42. The van der Waals surface area contributed by atoms with Gasteiger partial charge in [-0.1, -0.05) is 63.8 Å². The van der Waals surface area contributed by atoms with Crippen LogP contribution in [-0.4, -0.2) is 7.28 Å². The van der Waals surface area contributed by atoms with Crippen molar-refractivity contribution >= 4 is 7.28 Å². The predicted octanol–water partition coefficient (Wildman–Crippen LogP) is 3.19. The molecule has 0 aromatic heterocycles. The summed E-state index contributed by atoms with van der Waals surface area (Å²) in [4.78, 5) is 0. The zero-order valence-electron chi connectivity index (χ0n) is 9.01. The Balaban J connectivity index is 3.01. The monoisotopic (exact) mass is 174 g/mol. The van der Waals surface area contributed by atoms with E-state index < -0.39 is 0 Å². The summed E-state index contributed by atoms with van der Waals surface area (Å²) in [6.45, 7) is 6.88. The van der Waals surface area contributed by atoms with Crippen LogP contribution in [0.25, 0.3) is 0 Å². The van der Waals surface area contributed by atoms with Crippen LogP contribution in [0.1, 0.15) is 32.3 Å². The molecule has 0 spiro atoms. The Morgan fingerprint density at radius 2 is 1.62 bits per heavy atom. The summed E-state index contributed by atoms with van der Waals surface area (Å²) in [5.74, 6) is 0. The minimum absolute atomic E-state index is 0.418. The zero-order chi connectivity index (χ0) is 9.73. The van der Waals surface area contributed by atoms with Gasteiger partial charge in [-0.15, -0.1) is 0 Å². The fraction of sp³-hybridized carbons (Fsp3) is 0.500. The topological polar surface area (TPSA) is 0 Å². The van der Waals surface area contributed by atoms with Crippen molar-refractivity contribution < 1.29 is 0 Å². The van der Waals surface area contributed by atoms with Gasteiger partial charge in [0.1, 0.15) is 7.28 Å². The smallest absolute Gasteiger partial charge is 0.0885 e. The first-order valence-corrected chi connectivity index (χ1v) is 5.34. The van der Waals surface area contributed by atoms with E-state index in [1.165, 1.54) is 25.7 Å². The number of hydrogen-bond acceptors (Lipinski definition) is 0. The summed E-state index contributed by atoms with van der Waals surface area (Å²) in [6.07, 6.45) is 2.48. The van der Waals surface area contributed by atoms with Gasteiger partial charge >= 0.3 is 0 Å². The third kappa shape index (κ3) is 1.96. The van der Waals surface area contributed by atoms with Crippen LogP contribution in [-0.2, 0) is 5.31 Å². The normalized spacial score (nSPS) is 11.3. The van der Waals surface area contributed by atoms with Crippen molar-refractivity contribution in [3.8, 4) is 0 Å². The molecule has 1 aromatic rings. The van der Waals surface area contributed by atoms with Crippen LogP contribution >= 0.6 is 0 Å². The molecule has 0 heterocycles. The van der Waals surface area contributed by atoms with Crippen LogP contribution in [0, 0.1) is 0 Å². The maximum Gasteiger partial charge on any atom is 0.130 e. The summed E-state index contributed by atoms with van der Waals surface area (Å²) in [7, 11) is 1.24. The lowest BCUT2D eigenvalue weighted by Gasteiger charge is -2.30. The van der Waals surface area contributed by atoms with E-state index >= 15 is 0 Å². The second kappa shape index (κ2) is 4.50. The molecule has 0 nitrogen and oxygen atoms in total. The quantitative estimate of drug-likeness (QED) is 0.615. The second-order valence-electron chi connectivity index (χ2n) is 3.71. The first kappa shape index (κ1) is 10.4. The third-order valence-corrected chi connectivity index (χ3v) is 3.42. The number of benzene rings is 1. The molecule has 0 amide bonds. The van der Waals surface area contributed by atoms with Gasteiger partial charge in [-0.05, 0) is 10.9 Å². The van der Waals surface area contributed by atoms with Crippen molar-refractivity contribution in [2.45, 2.75) is 38.8 Å². The molecule has 0 aliphatic heterocycles. The fourth-order valence-corrected chi connectivity index (χ4v) is 2.15. The molecule has 0 radical (unpaired) electrons. The molecule has 0 N–H and O–H groups in total. The highest BCUT2D eigenvalue weighted by Crippen LogP contribution is 2.29. The van der Waals surface area contributed by atoms with E-state index in [0.717, 1.165) is 0 Å². The highest BCUT2D eigenvalue weighted by molar-refractivity contribution is 6.38. The van der Waals surface area contributed by atoms with Crippen molar-refractivity contribution in [3.63, 3.8) is 0 Å². The van der Waals surface area contributed by atoms with Gasteiger partial charge in [0.25, 0.3) is 0 Å². The van der Waals surface area contributed by atoms with Gasteiger partial charge in [0.2, 0.25) is 0 Å². The molecule has 0 aliphatic rings. The molecule has 13 heavy (non-hydrogen) atoms. The Kier molecular flexibility index (Phi) is 3.59. The first-order valence-electron chi connectivity index (χ1n) is 5.34. The van der Waals surface area contributed by atoms with Gasteiger partial charge in [0, 0.05) is 0 Å². The lowest BCUT2D eigenvalue weighted by Crippen LogP contribution is -2.30. The molecular weight excluding hydrogens is 155 g/mol. The van der Waals surface area contributed by atoms with E-state index in [2.05, 4.69) is 51.0 Å². The van der Waals surface area contributed by atoms with Gasteiger partial charge < -0.3 is 0 Å². The van der Waals surface area contributed by atoms with Crippen molar-refractivity contribution in [3.05, 3.63) is 35.9 Å². The lowest BCUT2D eigenvalue weighted by atomic mass is 9.48. The minimum Gasteiger partial charge on any atom is -0.0885 e. The van der Waals surface area contributed by atoms with E-state index in [-0.39, 0.29) is 0 Å². The Labute approximate surface area is 82.6 Å². The summed E-state index contributed by atoms with van der Waals surface area (Å²) in [6, 6.07) is 10.9. The first-order chi connectivity index (χ1) is 6.29. The lowest BCUT2D eigenvalue weighted by molar-refractivity contribution is 0.557. The largest absolute Gasteiger partial charge is 0.130 e. The second-order valence-corrected chi connectivity index (χ2v) is 3.71. The predicted molar refractivity (Wildman–Crippen MR) is 61.7 cm³/mol. The molecule has 0 unspecified atom stereocenters. The van der Waals surface area contributed by atoms with E-state index in [1.54, 1.807) is 0 Å². The number of rotatable bonds is 4. The molecule has 0 aliphatic carbocycles. The van der Waals surface area contributed by atoms with Gasteiger partial charge in [0.15, 0.2) is 0 Å². The maximum absolute atomic E-state index is 2.29. The maximum atomic E-state index is 2.29. The van der Waals surface area contributed by atoms with Gasteiger partial charge in [-0.3, -0.25) is 0 Å². The highest BCUT2D eigenvalue weighted by Gasteiger charge is 2.26. The van der Waals surface area contributed by atoms with E-state index in [9.17, 15) is 0 Å². The fourth-order valence-electron chi connectivity index (χ4n) is 2.15. The molecule has 0 saturated carbocycles. The minimum atomic E-state index is 0.418. The molecule has 0 fully saturated rings. The Morgan fingerprint density at radius 1 is 1.08 bits per heavy atom. The standard InChI is InChI=1S/C12H19B/c1-4-12(5-2,13-3)11-9-7-6-8-10-11/h6-10,13H,4-5H2,1-3H3. The van der Waals surface area contributed by atoms with Crippen molar-refractivity contribution in [1.29, 1.82) is 0 Å². The number of hydrogen-bond donors (Lipinski definition) is 0.